The van der Waals surface area contributed by atoms with Crippen molar-refractivity contribution in [2.45, 2.75) is 32.2 Å². The van der Waals surface area contributed by atoms with Gasteiger partial charge in [0, 0.05) is 55.5 Å². The third kappa shape index (κ3) is 4.80. The third-order valence-electron chi connectivity index (χ3n) is 6.15. The molecule has 2 fully saturated rings. The molecule has 1 aliphatic heterocycles. The van der Waals surface area contributed by atoms with Gasteiger partial charge >= 0.3 is 0 Å². The van der Waals surface area contributed by atoms with Crippen molar-refractivity contribution in [3.8, 4) is 11.8 Å². The van der Waals surface area contributed by atoms with E-state index in [-0.39, 0.29) is 11.8 Å². The fourth-order valence-corrected chi connectivity index (χ4v) is 4.00. The number of amides is 1. The zero-order valence-corrected chi connectivity index (χ0v) is 19.7. The Labute approximate surface area is 199 Å². The van der Waals surface area contributed by atoms with Gasteiger partial charge in [0.1, 0.15) is 11.5 Å². The molecular weight excluding hydrogens is 428 g/mol. The summed E-state index contributed by atoms with van der Waals surface area (Å²) >= 11 is 0. The monoisotopic (exact) mass is 456 g/mol. The maximum absolute atomic E-state index is 12.2. The van der Waals surface area contributed by atoms with Crippen LogP contribution in [0.3, 0.4) is 0 Å². The van der Waals surface area contributed by atoms with Crippen molar-refractivity contribution < 1.29 is 9.53 Å². The van der Waals surface area contributed by atoms with Crippen molar-refractivity contribution in [3.63, 3.8) is 0 Å². The Bertz CT molecular complexity index is 1300. The van der Waals surface area contributed by atoms with Gasteiger partial charge in [0.05, 0.1) is 35.8 Å². The van der Waals surface area contributed by atoms with Gasteiger partial charge in [-0.3, -0.25) is 9.78 Å². The molecule has 4 heterocycles. The second-order valence-corrected chi connectivity index (χ2v) is 9.07. The summed E-state index contributed by atoms with van der Waals surface area (Å²) in [6.45, 7) is 3.43. The number of ether oxygens (including phenoxy) is 1. The number of aryl methyl sites for hydroxylation is 1. The van der Waals surface area contributed by atoms with Crippen LogP contribution in [-0.2, 0) is 9.53 Å². The minimum atomic E-state index is 0.0311. The highest BCUT2D eigenvalue weighted by molar-refractivity contribution is 5.96. The maximum atomic E-state index is 12.2. The SMILES string of the molecule is Cc1ncc(C#Cc2cc(N(C)C)c(N[C@@H]3CCOC3)cn2)c2cc(NC(=O)C3CC3)ncc12. The molecule has 0 bridgehead atoms. The third-order valence-corrected chi connectivity index (χ3v) is 6.15. The number of carbonyl (C=O) groups is 1. The highest BCUT2D eigenvalue weighted by Gasteiger charge is 2.29. The topological polar surface area (TPSA) is 92.3 Å². The molecule has 3 aromatic heterocycles. The first-order chi connectivity index (χ1) is 16.5. The second kappa shape index (κ2) is 9.27. The first-order valence-corrected chi connectivity index (χ1v) is 11.6. The Morgan fingerprint density at radius 2 is 1.91 bits per heavy atom. The van der Waals surface area contributed by atoms with Gasteiger partial charge in [0.25, 0.3) is 0 Å². The zero-order chi connectivity index (χ0) is 23.7. The molecule has 8 heteroatoms. The number of fused-ring (bicyclic) bond motifs is 1. The Morgan fingerprint density at radius 1 is 1.06 bits per heavy atom. The Morgan fingerprint density at radius 3 is 2.65 bits per heavy atom. The van der Waals surface area contributed by atoms with Crippen LogP contribution in [-0.4, -0.2) is 54.2 Å². The lowest BCUT2D eigenvalue weighted by atomic mass is 10.1. The average Bonchev–Trinajstić information content (AvgIpc) is 3.56. The van der Waals surface area contributed by atoms with Crippen LogP contribution in [0.25, 0.3) is 10.8 Å². The molecule has 0 unspecified atom stereocenters. The molecule has 174 valence electrons. The normalized spacial score (nSPS) is 17.2. The van der Waals surface area contributed by atoms with Crippen molar-refractivity contribution >= 4 is 33.9 Å². The summed E-state index contributed by atoms with van der Waals surface area (Å²) in [5, 5.41) is 8.27. The lowest BCUT2D eigenvalue weighted by Crippen LogP contribution is -2.21. The van der Waals surface area contributed by atoms with Crippen LogP contribution in [0.2, 0.25) is 0 Å². The number of anilines is 3. The van der Waals surface area contributed by atoms with Crippen LogP contribution in [0.4, 0.5) is 17.2 Å². The molecule has 0 spiro atoms. The summed E-state index contributed by atoms with van der Waals surface area (Å²) in [4.78, 5) is 27.7. The smallest absolute Gasteiger partial charge is 0.228 e. The van der Waals surface area contributed by atoms with Gasteiger partial charge in [-0.15, -0.1) is 0 Å². The number of rotatable bonds is 5. The molecule has 2 N–H and O–H groups in total. The minimum Gasteiger partial charge on any atom is -0.379 e. The van der Waals surface area contributed by atoms with E-state index in [0.29, 0.717) is 24.2 Å². The van der Waals surface area contributed by atoms with E-state index >= 15 is 0 Å². The fourth-order valence-electron chi connectivity index (χ4n) is 4.00. The van der Waals surface area contributed by atoms with E-state index < -0.39 is 0 Å². The number of pyridine rings is 3. The van der Waals surface area contributed by atoms with Crippen molar-refractivity contribution in [1.82, 2.24) is 15.0 Å². The Hall–Kier alpha value is -3.70. The highest BCUT2D eigenvalue weighted by Crippen LogP contribution is 2.31. The van der Waals surface area contributed by atoms with E-state index in [2.05, 4.69) is 37.4 Å². The molecule has 1 atom stereocenters. The summed E-state index contributed by atoms with van der Waals surface area (Å²) in [6.07, 6.45) is 8.23. The van der Waals surface area contributed by atoms with Gasteiger partial charge in [-0.05, 0) is 44.2 Å². The lowest BCUT2D eigenvalue weighted by molar-refractivity contribution is -0.117. The highest BCUT2D eigenvalue weighted by atomic mass is 16.5. The molecule has 0 aromatic carbocycles. The number of hydrogen-bond donors (Lipinski definition) is 2. The average molecular weight is 457 g/mol. The molecule has 1 saturated heterocycles. The second-order valence-electron chi connectivity index (χ2n) is 9.07. The van der Waals surface area contributed by atoms with Gasteiger partial charge in [-0.25, -0.2) is 9.97 Å². The summed E-state index contributed by atoms with van der Waals surface area (Å²) in [6, 6.07) is 4.16. The van der Waals surface area contributed by atoms with E-state index in [4.69, 9.17) is 4.74 Å². The van der Waals surface area contributed by atoms with E-state index in [1.807, 2.05) is 44.2 Å². The van der Waals surface area contributed by atoms with Crippen LogP contribution < -0.4 is 15.5 Å². The van der Waals surface area contributed by atoms with Crippen molar-refractivity contribution in [1.29, 1.82) is 0 Å². The van der Waals surface area contributed by atoms with Crippen LogP contribution in [0.15, 0.2) is 30.7 Å². The summed E-state index contributed by atoms with van der Waals surface area (Å²) in [7, 11) is 4.01. The van der Waals surface area contributed by atoms with Crippen LogP contribution in [0, 0.1) is 24.7 Å². The zero-order valence-electron chi connectivity index (χ0n) is 19.7. The van der Waals surface area contributed by atoms with Gasteiger partial charge in [-0.2, -0.15) is 0 Å². The Kier molecular flexibility index (Phi) is 6.03. The van der Waals surface area contributed by atoms with Crippen LogP contribution in [0.1, 0.15) is 36.2 Å². The summed E-state index contributed by atoms with van der Waals surface area (Å²) in [5.41, 5.74) is 4.29. The Balaban J connectivity index is 1.45. The predicted octanol–water partition coefficient (Wildman–Crippen LogP) is 3.35. The largest absolute Gasteiger partial charge is 0.379 e. The van der Waals surface area contributed by atoms with Gasteiger partial charge in [-0.1, -0.05) is 5.92 Å². The number of carbonyl (C=O) groups excluding carboxylic acids is 1. The molecule has 5 rings (SSSR count). The van der Waals surface area contributed by atoms with E-state index in [1.165, 1.54) is 0 Å². The van der Waals surface area contributed by atoms with Gasteiger partial charge in [0.15, 0.2) is 0 Å². The van der Waals surface area contributed by atoms with E-state index in [1.54, 1.807) is 12.4 Å². The number of hydrogen-bond acceptors (Lipinski definition) is 7. The van der Waals surface area contributed by atoms with Crippen molar-refractivity contribution in [2.75, 3.05) is 42.8 Å². The van der Waals surface area contributed by atoms with Crippen molar-refractivity contribution in [3.05, 3.63) is 47.7 Å². The molecule has 3 aromatic rings. The number of aromatic nitrogens is 3. The standard InChI is InChI=1S/C26H28N6O2/c1-16-22-13-29-25(31-26(33)17-4-5-17)11-21(22)18(12-27-16)6-7-19-10-24(32(2)3)23(14-28-19)30-20-8-9-34-15-20/h10-14,17,20,30H,4-5,8-9,15H2,1-3H3,(H,29,31,33)/t20-/m1/s1. The van der Waals surface area contributed by atoms with E-state index in [0.717, 1.165) is 59.3 Å². The van der Waals surface area contributed by atoms with Gasteiger partial charge < -0.3 is 20.3 Å². The molecule has 1 aliphatic carbocycles. The lowest BCUT2D eigenvalue weighted by Gasteiger charge is -2.20. The molecule has 2 aliphatic rings. The summed E-state index contributed by atoms with van der Waals surface area (Å²) < 4.78 is 5.48. The molecule has 0 radical (unpaired) electrons. The molecule has 34 heavy (non-hydrogen) atoms. The number of nitrogens with one attached hydrogen (secondary N) is 2. The summed E-state index contributed by atoms with van der Waals surface area (Å²) in [5.74, 6) is 7.11. The predicted molar refractivity (Wildman–Crippen MR) is 133 cm³/mol. The van der Waals surface area contributed by atoms with E-state index in [9.17, 15) is 4.79 Å². The van der Waals surface area contributed by atoms with Crippen molar-refractivity contribution in [2.24, 2.45) is 5.92 Å². The van der Waals surface area contributed by atoms with Crippen LogP contribution in [0.5, 0.6) is 0 Å². The fraction of sp³-hybridized carbons (Fsp3) is 0.385. The maximum Gasteiger partial charge on any atom is 0.228 e. The van der Waals surface area contributed by atoms with Crippen LogP contribution >= 0.6 is 0 Å². The first kappa shape index (κ1) is 22.1. The molecule has 8 nitrogen and oxygen atoms in total. The molecular formula is C26H28N6O2. The molecule has 1 amide bonds. The first-order valence-electron chi connectivity index (χ1n) is 11.6. The number of nitrogens with zero attached hydrogens (tertiary/aromatic N) is 4. The quantitative estimate of drug-likeness (QED) is 0.569. The minimum absolute atomic E-state index is 0.0311. The molecule has 1 saturated carbocycles. The van der Waals surface area contributed by atoms with Gasteiger partial charge in [0.2, 0.25) is 5.91 Å².